The lowest BCUT2D eigenvalue weighted by atomic mass is 10.0. The van der Waals surface area contributed by atoms with Crippen LogP contribution in [0.5, 0.6) is 0 Å². The van der Waals surface area contributed by atoms with Crippen molar-refractivity contribution in [3.8, 4) is 22.5 Å². The van der Waals surface area contributed by atoms with Crippen LogP contribution in [0, 0.1) is 0 Å². The highest BCUT2D eigenvalue weighted by Gasteiger charge is 2.13. The lowest BCUT2D eigenvalue weighted by molar-refractivity contribution is 0.331. The van der Waals surface area contributed by atoms with Crippen LogP contribution in [0.2, 0.25) is 0 Å². The molecule has 25 heavy (non-hydrogen) atoms. The first-order valence-electron chi connectivity index (χ1n) is 8.64. The molecule has 2 aromatic heterocycles. The van der Waals surface area contributed by atoms with Crippen LogP contribution in [-0.4, -0.2) is 32.9 Å². The molecule has 2 N–H and O–H groups in total. The van der Waals surface area contributed by atoms with Crippen LogP contribution in [0.3, 0.4) is 0 Å². The van der Waals surface area contributed by atoms with Gasteiger partial charge in [-0.25, -0.2) is 9.97 Å². The summed E-state index contributed by atoms with van der Waals surface area (Å²) < 4.78 is 0. The van der Waals surface area contributed by atoms with Gasteiger partial charge in [0.2, 0.25) is 0 Å². The van der Waals surface area contributed by atoms with E-state index < -0.39 is 0 Å². The summed E-state index contributed by atoms with van der Waals surface area (Å²) in [7, 11) is 0. The van der Waals surface area contributed by atoms with Crippen LogP contribution in [-0.2, 0) is 6.54 Å². The van der Waals surface area contributed by atoms with E-state index in [1.54, 1.807) is 12.4 Å². The summed E-state index contributed by atoms with van der Waals surface area (Å²) in [5.74, 6) is 1.12. The minimum absolute atomic E-state index is 0.500. The molecule has 0 radical (unpaired) electrons. The fourth-order valence-electron chi connectivity index (χ4n) is 3.29. The molecule has 1 aliphatic heterocycles. The van der Waals surface area contributed by atoms with E-state index in [0.29, 0.717) is 11.6 Å². The standard InChI is InChI=1S/C20H21N5/c21-19-18(13-23-20(24-19)16-6-8-22-9-7-16)17-5-3-4-15(12-17)14-25-10-1-2-11-25/h3-9,12-13H,1-2,10-11,14H2,(H2,21,23,24). The second kappa shape index (κ2) is 6.99. The lowest BCUT2D eigenvalue weighted by Crippen LogP contribution is -2.18. The Morgan fingerprint density at radius 3 is 2.56 bits per heavy atom. The van der Waals surface area contributed by atoms with Gasteiger partial charge in [-0.15, -0.1) is 0 Å². The van der Waals surface area contributed by atoms with Crippen molar-refractivity contribution in [2.75, 3.05) is 18.8 Å². The van der Waals surface area contributed by atoms with E-state index in [1.807, 2.05) is 18.3 Å². The van der Waals surface area contributed by atoms with Gasteiger partial charge >= 0.3 is 0 Å². The SMILES string of the molecule is Nc1nc(-c2ccncc2)ncc1-c1cccc(CN2CCCC2)c1. The van der Waals surface area contributed by atoms with Crippen LogP contribution < -0.4 is 5.73 Å². The van der Waals surface area contributed by atoms with Crippen LogP contribution in [0.1, 0.15) is 18.4 Å². The summed E-state index contributed by atoms with van der Waals surface area (Å²) in [6.45, 7) is 3.37. The molecule has 0 spiro atoms. The number of nitrogens with zero attached hydrogens (tertiary/aromatic N) is 4. The first kappa shape index (κ1) is 15.7. The molecule has 0 unspecified atom stereocenters. The Morgan fingerprint density at radius 1 is 1.00 bits per heavy atom. The second-order valence-electron chi connectivity index (χ2n) is 6.41. The lowest BCUT2D eigenvalue weighted by Gasteiger charge is -2.15. The fourth-order valence-corrected chi connectivity index (χ4v) is 3.29. The third kappa shape index (κ3) is 3.51. The highest BCUT2D eigenvalue weighted by Crippen LogP contribution is 2.27. The van der Waals surface area contributed by atoms with Crippen LogP contribution in [0.15, 0.2) is 55.0 Å². The maximum absolute atomic E-state index is 6.23. The van der Waals surface area contributed by atoms with Gasteiger partial charge in [-0.05, 0) is 55.3 Å². The van der Waals surface area contributed by atoms with E-state index in [-0.39, 0.29) is 0 Å². The highest BCUT2D eigenvalue weighted by atomic mass is 15.1. The van der Waals surface area contributed by atoms with E-state index in [2.05, 4.69) is 44.1 Å². The van der Waals surface area contributed by atoms with Gasteiger partial charge in [0.1, 0.15) is 5.82 Å². The summed E-state index contributed by atoms with van der Waals surface area (Å²) in [5.41, 5.74) is 10.4. The molecule has 5 heteroatoms. The van der Waals surface area contributed by atoms with Crippen molar-refractivity contribution in [1.29, 1.82) is 0 Å². The van der Waals surface area contributed by atoms with Crippen molar-refractivity contribution in [3.05, 3.63) is 60.6 Å². The quantitative estimate of drug-likeness (QED) is 0.794. The van der Waals surface area contributed by atoms with Crippen molar-refractivity contribution in [1.82, 2.24) is 19.9 Å². The number of anilines is 1. The van der Waals surface area contributed by atoms with E-state index in [0.717, 1.165) is 23.2 Å². The Balaban J connectivity index is 1.61. The summed E-state index contributed by atoms with van der Waals surface area (Å²) in [6, 6.07) is 12.3. The number of pyridine rings is 1. The first-order valence-corrected chi connectivity index (χ1v) is 8.64. The number of hydrogen-bond acceptors (Lipinski definition) is 5. The highest BCUT2D eigenvalue weighted by molar-refractivity contribution is 5.75. The Hall–Kier alpha value is -2.79. The van der Waals surface area contributed by atoms with Crippen molar-refractivity contribution >= 4 is 5.82 Å². The average Bonchev–Trinajstić information content (AvgIpc) is 3.15. The monoisotopic (exact) mass is 331 g/mol. The van der Waals surface area contributed by atoms with Crippen LogP contribution >= 0.6 is 0 Å². The van der Waals surface area contributed by atoms with E-state index in [9.17, 15) is 0 Å². The smallest absolute Gasteiger partial charge is 0.161 e. The molecule has 0 saturated carbocycles. The summed E-state index contributed by atoms with van der Waals surface area (Å²) in [5, 5.41) is 0. The molecule has 0 atom stereocenters. The minimum Gasteiger partial charge on any atom is -0.383 e. The van der Waals surface area contributed by atoms with Gasteiger partial charge in [-0.3, -0.25) is 9.88 Å². The number of nitrogens with two attached hydrogens (primary N) is 1. The molecule has 1 aliphatic rings. The largest absolute Gasteiger partial charge is 0.383 e. The molecule has 0 aliphatic carbocycles. The van der Waals surface area contributed by atoms with E-state index in [1.165, 1.54) is 31.5 Å². The molecule has 4 rings (SSSR count). The van der Waals surface area contributed by atoms with Gasteiger partial charge in [0.05, 0.1) is 0 Å². The predicted octanol–water partition coefficient (Wildman–Crippen LogP) is 3.38. The van der Waals surface area contributed by atoms with Crippen molar-refractivity contribution in [2.45, 2.75) is 19.4 Å². The molecule has 3 heterocycles. The summed E-state index contributed by atoms with van der Waals surface area (Å²) >= 11 is 0. The Kier molecular flexibility index (Phi) is 4.39. The number of hydrogen-bond donors (Lipinski definition) is 1. The number of benzene rings is 1. The minimum atomic E-state index is 0.500. The summed E-state index contributed by atoms with van der Waals surface area (Å²) in [4.78, 5) is 15.5. The van der Waals surface area contributed by atoms with Crippen molar-refractivity contribution in [2.24, 2.45) is 0 Å². The van der Waals surface area contributed by atoms with Crippen LogP contribution in [0.25, 0.3) is 22.5 Å². The molecule has 126 valence electrons. The Morgan fingerprint density at radius 2 is 1.80 bits per heavy atom. The van der Waals surface area contributed by atoms with Gasteiger partial charge in [0, 0.05) is 36.3 Å². The number of rotatable bonds is 4. The Bertz CT molecular complexity index is 857. The van der Waals surface area contributed by atoms with Gasteiger partial charge < -0.3 is 5.73 Å². The maximum atomic E-state index is 6.23. The molecule has 0 bridgehead atoms. The number of nitrogen functional groups attached to an aromatic ring is 1. The molecule has 3 aromatic rings. The zero-order valence-electron chi connectivity index (χ0n) is 14.1. The maximum Gasteiger partial charge on any atom is 0.161 e. The van der Waals surface area contributed by atoms with Crippen LogP contribution in [0.4, 0.5) is 5.82 Å². The zero-order chi connectivity index (χ0) is 17.1. The van der Waals surface area contributed by atoms with Gasteiger partial charge in [-0.1, -0.05) is 18.2 Å². The molecule has 1 saturated heterocycles. The third-order valence-corrected chi connectivity index (χ3v) is 4.60. The van der Waals surface area contributed by atoms with Gasteiger partial charge in [-0.2, -0.15) is 0 Å². The van der Waals surface area contributed by atoms with Crippen molar-refractivity contribution < 1.29 is 0 Å². The normalized spacial score (nSPS) is 14.7. The van der Waals surface area contributed by atoms with Crippen molar-refractivity contribution in [3.63, 3.8) is 0 Å². The van der Waals surface area contributed by atoms with E-state index >= 15 is 0 Å². The topological polar surface area (TPSA) is 67.9 Å². The molecule has 1 fully saturated rings. The van der Waals surface area contributed by atoms with E-state index in [4.69, 9.17) is 5.73 Å². The molecule has 0 amide bonds. The molecule has 1 aromatic carbocycles. The molecular weight excluding hydrogens is 310 g/mol. The fraction of sp³-hybridized carbons (Fsp3) is 0.250. The number of likely N-dealkylation sites (tertiary alicyclic amines) is 1. The van der Waals surface area contributed by atoms with Gasteiger partial charge in [0.25, 0.3) is 0 Å². The van der Waals surface area contributed by atoms with Gasteiger partial charge in [0.15, 0.2) is 5.82 Å². The first-order chi connectivity index (χ1) is 12.3. The summed E-state index contributed by atoms with van der Waals surface area (Å²) in [6.07, 6.45) is 7.87. The zero-order valence-corrected chi connectivity index (χ0v) is 14.1. The predicted molar refractivity (Wildman–Crippen MR) is 99.6 cm³/mol. The molecular formula is C20H21N5. The average molecular weight is 331 g/mol. The molecule has 5 nitrogen and oxygen atoms in total. The Labute approximate surface area is 147 Å². The second-order valence-corrected chi connectivity index (χ2v) is 6.41. The number of aromatic nitrogens is 3. The third-order valence-electron chi connectivity index (χ3n) is 4.60.